The van der Waals surface area contributed by atoms with E-state index in [4.69, 9.17) is 0 Å². The highest BCUT2D eigenvalue weighted by Crippen LogP contribution is 1.71. The minimum absolute atomic E-state index is 0. The third kappa shape index (κ3) is 10.8. The molecule has 7 heavy (non-hydrogen) atoms. The van der Waals surface area contributed by atoms with E-state index in [1.165, 1.54) is 7.11 Å². The summed E-state index contributed by atoms with van der Waals surface area (Å²) in [7, 11) is 1.53. The molecule has 0 atom stereocenters. The van der Waals surface area contributed by atoms with Gasteiger partial charge in [0.2, 0.25) is 0 Å². The van der Waals surface area contributed by atoms with E-state index in [9.17, 15) is 0 Å². The van der Waals surface area contributed by atoms with Crippen LogP contribution >= 0.6 is 0 Å². The van der Waals surface area contributed by atoms with Crippen LogP contribution in [0.4, 0.5) is 0 Å². The first kappa shape index (κ1) is 9.69. The molecule has 2 heteroatoms. The van der Waals surface area contributed by atoms with E-state index >= 15 is 0 Å². The molecule has 0 unspecified atom stereocenters. The Balaban J connectivity index is 0. The predicted molar refractivity (Wildman–Crippen MR) is 32.5 cm³/mol. The Morgan fingerprint density at radius 2 is 1.86 bits per heavy atom. The van der Waals surface area contributed by atoms with E-state index in [0.717, 1.165) is 5.71 Å². The van der Waals surface area contributed by atoms with Crippen molar-refractivity contribution in [3.05, 3.63) is 0 Å². The van der Waals surface area contributed by atoms with Gasteiger partial charge in [-0.1, -0.05) is 12.6 Å². The van der Waals surface area contributed by atoms with Crippen molar-refractivity contribution in [3.8, 4) is 0 Å². The predicted octanol–water partition coefficient (Wildman–Crippen LogP) is 1.66. The van der Waals surface area contributed by atoms with Crippen molar-refractivity contribution in [1.29, 1.82) is 0 Å². The molecule has 0 spiro atoms. The van der Waals surface area contributed by atoms with Crippen LogP contribution in [0.25, 0.3) is 0 Å². The molecule has 0 aromatic carbocycles. The first-order valence-electron chi connectivity index (χ1n) is 1.81. The smallest absolute Gasteiger partial charge is 0.106 e. The molecular formula is C5H13NO. The van der Waals surface area contributed by atoms with Crippen LogP contribution in [0.2, 0.25) is 0 Å². The molecule has 0 saturated heterocycles. The third-order valence-corrected chi connectivity index (χ3v) is 0.274. The fourth-order valence-corrected chi connectivity index (χ4v) is 0.183. The number of rotatable bonds is 1. The fourth-order valence-electron chi connectivity index (χ4n) is 0.183. The first-order chi connectivity index (χ1) is 2.77. The Morgan fingerprint density at radius 3 is 1.86 bits per heavy atom. The maximum absolute atomic E-state index is 4.39. The Kier molecular flexibility index (Phi) is 7.57. The van der Waals surface area contributed by atoms with Gasteiger partial charge in [0.1, 0.15) is 7.11 Å². The minimum Gasteiger partial charge on any atom is -0.399 e. The summed E-state index contributed by atoms with van der Waals surface area (Å²) in [6, 6.07) is 0. The van der Waals surface area contributed by atoms with Crippen molar-refractivity contribution in [2.75, 3.05) is 7.11 Å². The molecule has 0 bridgehead atoms. The second-order valence-electron chi connectivity index (χ2n) is 1.22. The van der Waals surface area contributed by atoms with E-state index < -0.39 is 0 Å². The second kappa shape index (κ2) is 5.47. The molecule has 0 radical (unpaired) electrons. The largest absolute Gasteiger partial charge is 0.399 e. The Bertz CT molecular complexity index is 55.1. The molecule has 0 amide bonds. The highest BCUT2D eigenvalue weighted by Gasteiger charge is 1.69. The van der Waals surface area contributed by atoms with Gasteiger partial charge in [0.25, 0.3) is 0 Å². The highest BCUT2D eigenvalue weighted by atomic mass is 16.6. The molecule has 0 fully saturated rings. The van der Waals surface area contributed by atoms with Gasteiger partial charge in [0, 0.05) is 0 Å². The van der Waals surface area contributed by atoms with Crippen LogP contribution in [0, 0.1) is 0 Å². The molecule has 0 rings (SSSR count). The topological polar surface area (TPSA) is 21.6 Å². The van der Waals surface area contributed by atoms with Crippen molar-refractivity contribution >= 4 is 5.71 Å². The van der Waals surface area contributed by atoms with Crippen molar-refractivity contribution in [1.82, 2.24) is 0 Å². The van der Waals surface area contributed by atoms with E-state index in [1.54, 1.807) is 0 Å². The standard InChI is InChI=1S/C4H9NO.CH4/c1-4(2)5-6-3;/h1-3H3;1H4. The molecule has 0 aliphatic heterocycles. The van der Waals surface area contributed by atoms with Crippen LogP contribution in [-0.2, 0) is 4.84 Å². The molecule has 0 N–H and O–H groups in total. The summed E-state index contributed by atoms with van der Waals surface area (Å²) >= 11 is 0. The summed E-state index contributed by atoms with van der Waals surface area (Å²) in [4.78, 5) is 4.39. The number of hydrogen-bond donors (Lipinski definition) is 0. The quantitative estimate of drug-likeness (QED) is 0.365. The minimum atomic E-state index is 0. The number of hydrogen-bond acceptors (Lipinski definition) is 2. The average molecular weight is 103 g/mol. The van der Waals surface area contributed by atoms with Gasteiger partial charge in [-0.25, -0.2) is 0 Å². The van der Waals surface area contributed by atoms with Gasteiger partial charge in [-0.15, -0.1) is 0 Å². The van der Waals surface area contributed by atoms with Crippen molar-refractivity contribution in [3.63, 3.8) is 0 Å². The van der Waals surface area contributed by atoms with Gasteiger partial charge in [0.05, 0.1) is 5.71 Å². The molecule has 0 aliphatic carbocycles. The second-order valence-corrected chi connectivity index (χ2v) is 1.22. The molecule has 0 aromatic rings. The van der Waals surface area contributed by atoms with Gasteiger partial charge >= 0.3 is 0 Å². The molecular weight excluding hydrogens is 90.1 g/mol. The van der Waals surface area contributed by atoms with E-state index in [2.05, 4.69) is 9.99 Å². The summed E-state index contributed by atoms with van der Waals surface area (Å²) in [5, 5.41) is 3.54. The molecule has 0 aliphatic rings. The lowest BCUT2D eigenvalue weighted by atomic mass is 10.5. The lowest BCUT2D eigenvalue weighted by molar-refractivity contribution is 0.213. The van der Waals surface area contributed by atoms with Gasteiger partial charge in [-0.05, 0) is 13.8 Å². The van der Waals surface area contributed by atoms with Gasteiger partial charge in [-0.3, -0.25) is 0 Å². The van der Waals surface area contributed by atoms with E-state index in [0.29, 0.717) is 0 Å². The SMILES string of the molecule is C.CON=C(C)C. The van der Waals surface area contributed by atoms with Crippen LogP contribution in [0.3, 0.4) is 0 Å². The maximum Gasteiger partial charge on any atom is 0.106 e. The van der Waals surface area contributed by atoms with Crippen molar-refractivity contribution in [2.24, 2.45) is 5.16 Å². The van der Waals surface area contributed by atoms with Crippen LogP contribution < -0.4 is 0 Å². The van der Waals surface area contributed by atoms with Gasteiger partial charge in [0.15, 0.2) is 0 Å². The normalized spacial score (nSPS) is 6.14. The monoisotopic (exact) mass is 103 g/mol. The lowest BCUT2D eigenvalue weighted by Gasteiger charge is -1.83. The first-order valence-corrected chi connectivity index (χ1v) is 1.81. The Morgan fingerprint density at radius 1 is 1.43 bits per heavy atom. The fraction of sp³-hybridized carbons (Fsp3) is 0.800. The van der Waals surface area contributed by atoms with Gasteiger partial charge in [-0.2, -0.15) is 0 Å². The lowest BCUT2D eigenvalue weighted by Crippen LogP contribution is -1.79. The van der Waals surface area contributed by atoms with Crippen LogP contribution in [0.1, 0.15) is 21.3 Å². The zero-order valence-electron chi connectivity index (χ0n) is 4.36. The zero-order valence-corrected chi connectivity index (χ0v) is 4.36. The van der Waals surface area contributed by atoms with E-state index in [1.807, 2.05) is 13.8 Å². The Hall–Kier alpha value is -0.530. The summed E-state index contributed by atoms with van der Waals surface area (Å²) in [6.45, 7) is 3.76. The summed E-state index contributed by atoms with van der Waals surface area (Å²) < 4.78 is 0. The summed E-state index contributed by atoms with van der Waals surface area (Å²) in [5.74, 6) is 0. The molecule has 0 saturated carbocycles. The molecule has 2 nitrogen and oxygen atoms in total. The molecule has 44 valence electrons. The zero-order chi connectivity index (χ0) is 4.99. The van der Waals surface area contributed by atoms with Crippen LogP contribution in [-0.4, -0.2) is 12.8 Å². The van der Waals surface area contributed by atoms with Gasteiger partial charge < -0.3 is 4.84 Å². The van der Waals surface area contributed by atoms with Crippen molar-refractivity contribution in [2.45, 2.75) is 21.3 Å². The van der Waals surface area contributed by atoms with Crippen LogP contribution in [0.5, 0.6) is 0 Å². The highest BCUT2D eigenvalue weighted by molar-refractivity contribution is 5.78. The molecule has 0 heterocycles. The maximum atomic E-state index is 4.39. The average Bonchev–Trinajstić information content (AvgIpc) is 1.35. The molecule has 0 aromatic heterocycles. The van der Waals surface area contributed by atoms with Crippen molar-refractivity contribution < 1.29 is 4.84 Å². The Labute approximate surface area is 45.2 Å². The van der Waals surface area contributed by atoms with E-state index in [-0.39, 0.29) is 7.43 Å². The number of oxime groups is 1. The summed E-state index contributed by atoms with van der Waals surface area (Å²) in [6.07, 6.45) is 0. The summed E-state index contributed by atoms with van der Waals surface area (Å²) in [5.41, 5.74) is 0.942. The van der Waals surface area contributed by atoms with Crippen LogP contribution in [0.15, 0.2) is 5.16 Å². The third-order valence-electron chi connectivity index (χ3n) is 0.274. The number of nitrogens with zero attached hydrogens (tertiary/aromatic N) is 1.